The van der Waals surface area contributed by atoms with Gasteiger partial charge in [-0.15, -0.1) is 0 Å². The zero-order valence-electron chi connectivity index (χ0n) is 14.1. The van der Waals surface area contributed by atoms with Crippen molar-refractivity contribution in [3.8, 4) is 0 Å². The van der Waals surface area contributed by atoms with Gasteiger partial charge in [0.2, 0.25) is 5.91 Å². The number of nitrogens with zero attached hydrogens (tertiary/aromatic N) is 2. The first-order valence-corrected chi connectivity index (χ1v) is 9.01. The van der Waals surface area contributed by atoms with Crippen LogP contribution in [-0.2, 0) is 11.8 Å². The highest BCUT2D eigenvalue weighted by molar-refractivity contribution is 5.92. The summed E-state index contributed by atoms with van der Waals surface area (Å²) in [6, 6.07) is 3.87. The van der Waals surface area contributed by atoms with Crippen LogP contribution in [-0.4, -0.2) is 40.4 Å². The fourth-order valence-corrected chi connectivity index (χ4v) is 4.50. The van der Waals surface area contributed by atoms with Crippen molar-refractivity contribution in [3.05, 3.63) is 36.2 Å². The maximum Gasteiger partial charge on any atom is 0.268 e. The van der Waals surface area contributed by atoms with Gasteiger partial charge in [-0.3, -0.25) is 9.59 Å². The molecule has 128 valence electrons. The zero-order valence-corrected chi connectivity index (χ0v) is 14.1. The molecule has 0 aromatic carbocycles. The lowest BCUT2D eigenvalue weighted by Gasteiger charge is -2.35. The van der Waals surface area contributed by atoms with Crippen LogP contribution in [0.3, 0.4) is 0 Å². The van der Waals surface area contributed by atoms with E-state index in [1.807, 2.05) is 34.8 Å². The summed E-state index contributed by atoms with van der Waals surface area (Å²) in [5, 5.41) is 3.11. The molecule has 1 aromatic heterocycles. The Morgan fingerprint density at radius 1 is 1.17 bits per heavy atom. The third-order valence-corrected chi connectivity index (χ3v) is 5.91. The highest BCUT2D eigenvalue weighted by Crippen LogP contribution is 2.44. The van der Waals surface area contributed by atoms with Crippen molar-refractivity contribution in [1.82, 2.24) is 14.8 Å². The number of nitrogens with one attached hydrogen (secondary N) is 1. The second kappa shape index (κ2) is 6.11. The van der Waals surface area contributed by atoms with Gasteiger partial charge in [-0.25, -0.2) is 0 Å². The highest BCUT2D eigenvalue weighted by atomic mass is 16.2. The average Bonchev–Trinajstić information content (AvgIpc) is 3.31. The lowest BCUT2D eigenvalue weighted by atomic mass is 9.91. The first-order valence-electron chi connectivity index (χ1n) is 9.01. The molecule has 5 heteroatoms. The summed E-state index contributed by atoms with van der Waals surface area (Å²) in [4.78, 5) is 27.1. The summed E-state index contributed by atoms with van der Waals surface area (Å²) < 4.78 is 1.83. The number of hydrogen-bond donors (Lipinski definition) is 1. The van der Waals surface area contributed by atoms with Gasteiger partial charge < -0.3 is 14.8 Å². The molecule has 2 aliphatic carbocycles. The molecule has 24 heavy (non-hydrogen) atoms. The van der Waals surface area contributed by atoms with Crippen LogP contribution in [0.2, 0.25) is 0 Å². The summed E-state index contributed by atoms with van der Waals surface area (Å²) in [6.45, 7) is 1.52. The van der Waals surface area contributed by atoms with E-state index in [4.69, 9.17) is 0 Å². The number of rotatable bonds is 3. The van der Waals surface area contributed by atoms with E-state index in [9.17, 15) is 9.59 Å². The molecule has 0 unspecified atom stereocenters. The standard InChI is InChI=1S/C19H25N3O2/c1-21-8-2-3-17(21)18(23)20-15-6-9-22(10-7-15)19(24)16-12-13-4-5-14(16)11-13/h2-5,8,13-16H,6-7,9-12H2,1H3,(H,20,23)/t13-,14-,16-/m0/s1. The molecule has 1 aliphatic heterocycles. The lowest BCUT2D eigenvalue weighted by Crippen LogP contribution is -2.48. The summed E-state index contributed by atoms with van der Waals surface area (Å²) in [6.07, 6.45) is 10.3. The number of aromatic nitrogens is 1. The molecule has 3 atom stereocenters. The number of hydrogen-bond acceptors (Lipinski definition) is 2. The van der Waals surface area contributed by atoms with E-state index >= 15 is 0 Å². The van der Waals surface area contributed by atoms with E-state index in [0.717, 1.165) is 32.4 Å². The number of allylic oxidation sites excluding steroid dienone is 2. The fraction of sp³-hybridized carbons (Fsp3) is 0.579. The van der Waals surface area contributed by atoms with Crippen molar-refractivity contribution in [2.45, 2.75) is 31.7 Å². The van der Waals surface area contributed by atoms with Crippen molar-refractivity contribution in [1.29, 1.82) is 0 Å². The van der Waals surface area contributed by atoms with Crippen LogP contribution >= 0.6 is 0 Å². The number of amides is 2. The molecule has 2 bridgehead atoms. The van der Waals surface area contributed by atoms with Crippen molar-refractivity contribution < 1.29 is 9.59 Å². The largest absolute Gasteiger partial charge is 0.348 e. The van der Waals surface area contributed by atoms with Crippen molar-refractivity contribution >= 4 is 11.8 Å². The molecule has 3 aliphatic rings. The third kappa shape index (κ3) is 2.76. The molecule has 4 rings (SSSR count). The summed E-state index contributed by atoms with van der Waals surface area (Å²) in [5.41, 5.74) is 0.683. The third-order valence-electron chi connectivity index (χ3n) is 5.91. The Bertz CT molecular complexity index is 670. The van der Waals surface area contributed by atoms with E-state index in [0.29, 0.717) is 23.4 Å². The summed E-state index contributed by atoms with van der Waals surface area (Å²) in [5.74, 6) is 1.61. The first kappa shape index (κ1) is 15.5. The van der Waals surface area contributed by atoms with Crippen LogP contribution in [0.15, 0.2) is 30.5 Å². The number of piperidine rings is 1. The molecule has 1 saturated heterocycles. The number of fused-ring (bicyclic) bond motifs is 2. The van der Waals surface area contributed by atoms with Crippen LogP contribution in [0.5, 0.6) is 0 Å². The first-order chi connectivity index (χ1) is 11.6. The van der Waals surface area contributed by atoms with Crippen LogP contribution in [0.4, 0.5) is 0 Å². The Hall–Kier alpha value is -2.04. The van der Waals surface area contributed by atoms with Gasteiger partial charge in [-0.2, -0.15) is 0 Å². The second-order valence-electron chi connectivity index (χ2n) is 7.46. The second-order valence-corrected chi connectivity index (χ2v) is 7.46. The summed E-state index contributed by atoms with van der Waals surface area (Å²) >= 11 is 0. The van der Waals surface area contributed by atoms with Crippen molar-refractivity contribution in [2.24, 2.45) is 24.8 Å². The van der Waals surface area contributed by atoms with E-state index in [2.05, 4.69) is 17.5 Å². The van der Waals surface area contributed by atoms with Gasteiger partial charge in [0, 0.05) is 38.3 Å². The van der Waals surface area contributed by atoms with Gasteiger partial charge in [0.05, 0.1) is 0 Å². The van der Waals surface area contributed by atoms with Gasteiger partial charge in [-0.05, 0) is 49.7 Å². The molecular formula is C19H25N3O2. The van der Waals surface area contributed by atoms with Crippen LogP contribution in [0, 0.1) is 17.8 Å². The predicted molar refractivity (Wildman–Crippen MR) is 91.3 cm³/mol. The predicted octanol–water partition coefficient (Wildman–Crippen LogP) is 1.96. The zero-order chi connectivity index (χ0) is 16.7. The van der Waals surface area contributed by atoms with Gasteiger partial charge in [0.1, 0.15) is 5.69 Å². The Balaban J connectivity index is 1.29. The van der Waals surface area contributed by atoms with Crippen LogP contribution < -0.4 is 5.32 Å². The molecule has 0 spiro atoms. The van der Waals surface area contributed by atoms with Crippen LogP contribution in [0.25, 0.3) is 0 Å². The minimum absolute atomic E-state index is 0.0227. The van der Waals surface area contributed by atoms with Crippen molar-refractivity contribution in [2.75, 3.05) is 13.1 Å². The van der Waals surface area contributed by atoms with Crippen molar-refractivity contribution in [3.63, 3.8) is 0 Å². The fourth-order valence-electron chi connectivity index (χ4n) is 4.50. The van der Waals surface area contributed by atoms with Gasteiger partial charge in [0.15, 0.2) is 0 Å². The molecule has 1 saturated carbocycles. The Labute approximate surface area is 142 Å². The quantitative estimate of drug-likeness (QED) is 0.863. The number of likely N-dealkylation sites (tertiary alicyclic amines) is 1. The Morgan fingerprint density at radius 3 is 2.54 bits per heavy atom. The number of carbonyl (C=O) groups is 2. The molecule has 1 N–H and O–H groups in total. The smallest absolute Gasteiger partial charge is 0.268 e. The topological polar surface area (TPSA) is 54.3 Å². The molecule has 0 radical (unpaired) electrons. The van der Waals surface area contributed by atoms with E-state index in [-0.39, 0.29) is 17.9 Å². The molecule has 1 aromatic rings. The molecule has 5 nitrogen and oxygen atoms in total. The maximum absolute atomic E-state index is 12.8. The molecule has 2 amide bonds. The monoisotopic (exact) mass is 327 g/mol. The molecule has 2 heterocycles. The SMILES string of the molecule is Cn1cccc1C(=O)NC1CCN(C(=O)[C@H]2C[C@H]3C=C[C@H]2C3)CC1. The van der Waals surface area contributed by atoms with Gasteiger partial charge in [-0.1, -0.05) is 12.2 Å². The summed E-state index contributed by atoms with van der Waals surface area (Å²) in [7, 11) is 1.87. The van der Waals surface area contributed by atoms with E-state index in [1.165, 1.54) is 6.42 Å². The number of carbonyl (C=O) groups excluding carboxylic acids is 2. The maximum atomic E-state index is 12.8. The van der Waals surface area contributed by atoms with E-state index in [1.54, 1.807) is 0 Å². The molecular weight excluding hydrogens is 302 g/mol. The van der Waals surface area contributed by atoms with Gasteiger partial charge >= 0.3 is 0 Å². The normalized spacial score (nSPS) is 29.2. The van der Waals surface area contributed by atoms with Crippen LogP contribution in [0.1, 0.15) is 36.2 Å². The minimum Gasteiger partial charge on any atom is -0.348 e. The lowest BCUT2D eigenvalue weighted by molar-refractivity contribution is -0.137. The molecule has 2 fully saturated rings. The number of aryl methyl sites for hydroxylation is 1. The van der Waals surface area contributed by atoms with E-state index < -0.39 is 0 Å². The Morgan fingerprint density at radius 2 is 1.96 bits per heavy atom. The highest BCUT2D eigenvalue weighted by Gasteiger charge is 2.42. The minimum atomic E-state index is -0.0227. The Kier molecular flexibility index (Phi) is 3.94. The average molecular weight is 327 g/mol. The van der Waals surface area contributed by atoms with Gasteiger partial charge in [0.25, 0.3) is 5.91 Å².